The van der Waals surface area contributed by atoms with E-state index in [2.05, 4.69) is 34.1 Å². The van der Waals surface area contributed by atoms with Crippen molar-refractivity contribution in [3.63, 3.8) is 0 Å². The van der Waals surface area contributed by atoms with Crippen LogP contribution in [0, 0.1) is 11.7 Å². The van der Waals surface area contributed by atoms with Gasteiger partial charge in [-0.3, -0.25) is 14.5 Å². The standard InChI is InChI=1S/C30H41FN4O4/c1-23(36)38-20-21-39-28-9-5-8-27(31)26(28)22-34-16-18-35(19-17-34)30(37)29(32)25-11-14-33(15-12-25)13-10-24-6-3-2-4-7-24/h2-9,25,29H,10-22,32H2,1H3/t29-/m1/s1. The molecular weight excluding hydrogens is 499 g/mol. The molecule has 2 saturated heterocycles. The number of benzene rings is 2. The fraction of sp³-hybridized carbons (Fsp3) is 0.533. The van der Waals surface area contributed by atoms with Crippen LogP contribution in [0.4, 0.5) is 4.39 Å². The maximum Gasteiger partial charge on any atom is 0.302 e. The Morgan fingerprint density at radius 1 is 0.949 bits per heavy atom. The maximum atomic E-state index is 14.6. The van der Waals surface area contributed by atoms with Crippen molar-refractivity contribution >= 4 is 11.9 Å². The summed E-state index contributed by atoms with van der Waals surface area (Å²) in [6, 6.07) is 14.8. The molecule has 8 nitrogen and oxygen atoms in total. The zero-order chi connectivity index (χ0) is 27.6. The van der Waals surface area contributed by atoms with E-state index in [1.165, 1.54) is 18.6 Å². The maximum absolute atomic E-state index is 14.6. The molecule has 0 saturated carbocycles. The molecule has 9 heteroatoms. The van der Waals surface area contributed by atoms with Crippen LogP contribution in [0.5, 0.6) is 5.75 Å². The third-order valence-electron chi connectivity index (χ3n) is 7.77. The minimum atomic E-state index is -0.475. The van der Waals surface area contributed by atoms with E-state index in [1.54, 1.807) is 12.1 Å². The van der Waals surface area contributed by atoms with Crippen LogP contribution >= 0.6 is 0 Å². The summed E-state index contributed by atoms with van der Waals surface area (Å²) in [4.78, 5) is 30.6. The van der Waals surface area contributed by atoms with E-state index in [9.17, 15) is 14.0 Å². The Bertz CT molecular complexity index is 1070. The fourth-order valence-corrected chi connectivity index (χ4v) is 5.39. The molecular formula is C30H41FN4O4. The van der Waals surface area contributed by atoms with E-state index in [0.717, 1.165) is 38.9 Å². The normalized spacial score (nSPS) is 18.1. The molecule has 0 radical (unpaired) electrons. The van der Waals surface area contributed by atoms with Crippen LogP contribution in [0.15, 0.2) is 48.5 Å². The number of piperazine rings is 1. The number of amides is 1. The summed E-state index contributed by atoms with van der Waals surface area (Å²) in [5, 5.41) is 0. The quantitative estimate of drug-likeness (QED) is 0.346. The molecule has 2 aliphatic rings. The molecule has 1 amide bonds. The minimum absolute atomic E-state index is 0.0257. The zero-order valence-corrected chi connectivity index (χ0v) is 22.9. The lowest BCUT2D eigenvalue weighted by Crippen LogP contribution is -2.55. The highest BCUT2D eigenvalue weighted by Crippen LogP contribution is 2.25. The topological polar surface area (TPSA) is 88.3 Å². The van der Waals surface area contributed by atoms with Crippen LogP contribution in [0.25, 0.3) is 0 Å². The molecule has 2 fully saturated rings. The highest BCUT2D eigenvalue weighted by molar-refractivity contribution is 5.82. The number of nitrogens with two attached hydrogens (primary N) is 1. The first-order chi connectivity index (χ1) is 18.9. The number of carbonyl (C=O) groups is 2. The molecule has 2 N–H and O–H groups in total. The molecule has 1 atom stereocenters. The number of rotatable bonds is 11. The van der Waals surface area contributed by atoms with E-state index in [4.69, 9.17) is 15.2 Å². The number of hydrogen-bond acceptors (Lipinski definition) is 7. The first kappa shape index (κ1) is 29.0. The molecule has 0 spiro atoms. The van der Waals surface area contributed by atoms with Gasteiger partial charge in [0.2, 0.25) is 5.91 Å². The monoisotopic (exact) mass is 540 g/mol. The molecule has 0 unspecified atom stereocenters. The molecule has 0 bridgehead atoms. The second-order valence-corrected chi connectivity index (χ2v) is 10.4. The Balaban J connectivity index is 1.20. The summed E-state index contributed by atoms with van der Waals surface area (Å²) in [7, 11) is 0. The van der Waals surface area contributed by atoms with Gasteiger partial charge >= 0.3 is 5.97 Å². The van der Waals surface area contributed by atoms with Crippen LogP contribution in [-0.4, -0.2) is 91.6 Å². The molecule has 2 heterocycles. The number of likely N-dealkylation sites (tertiary alicyclic amines) is 1. The SMILES string of the molecule is CC(=O)OCCOc1cccc(F)c1CN1CCN(C(=O)[C@H](N)C2CCN(CCc3ccccc3)CC2)CC1. The van der Waals surface area contributed by atoms with Gasteiger partial charge in [-0.1, -0.05) is 36.4 Å². The minimum Gasteiger partial charge on any atom is -0.490 e. The van der Waals surface area contributed by atoms with Gasteiger partial charge in [0.25, 0.3) is 0 Å². The molecule has 39 heavy (non-hydrogen) atoms. The van der Waals surface area contributed by atoms with Gasteiger partial charge in [-0.2, -0.15) is 0 Å². The molecule has 0 aromatic heterocycles. The molecule has 0 aliphatic carbocycles. The van der Waals surface area contributed by atoms with Gasteiger partial charge in [0.05, 0.1) is 6.04 Å². The highest BCUT2D eigenvalue weighted by Gasteiger charge is 2.33. The predicted octanol–water partition coefficient (Wildman–Crippen LogP) is 2.69. The summed E-state index contributed by atoms with van der Waals surface area (Å²) in [6.45, 7) is 7.37. The second kappa shape index (κ2) is 14.4. The van der Waals surface area contributed by atoms with E-state index >= 15 is 0 Å². The lowest BCUT2D eigenvalue weighted by Gasteiger charge is -2.39. The second-order valence-electron chi connectivity index (χ2n) is 10.4. The Morgan fingerprint density at radius 3 is 2.36 bits per heavy atom. The number of nitrogens with zero attached hydrogens (tertiary/aromatic N) is 3. The number of hydrogen-bond donors (Lipinski definition) is 1. The molecule has 2 aliphatic heterocycles. The number of ether oxygens (including phenoxy) is 2. The average molecular weight is 541 g/mol. The third kappa shape index (κ3) is 8.49. The van der Waals surface area contributed by atoms with Crippen LogP contribution in [-0.2, 0) is 27.3 Å². The summed E-state index contributed by atoms with van der Waals surface area (Å²) in [5.74, 6) is -0.0470. The van der Waals surface area contributed by atoms with E-state index < -0.39 is 6.04 Å². The number of esters is 1. The van der Waals surface area contributed by atoms with Crippen molar-refractivity contribution in [2.24, 2.45) is 11.7 Å². The Morgan fingerprint density at radius 2 is 1.67 bits per heavy atom. The van der Waals surface area contributed by atoms with Crippen LogP contribution in [0.3, 0.4) is 0 Å². The number of carbonyl (C=O) groups excluding carboxylic acids is 2. The van der Waals surface area contributed by atoms with Crippen molar-refractivity contribution in [3.8, 4) is 5.75 Å². The van der Waals surface area contributed by atoms with Crippen molar-refractivity contribution in [3.05, 3.63) is 65.5 Å². The van der Waals surface area contributed by atoms with Crippen LogP contribution in [0.2, 0.25) is 0 Å². The third-order valence-corrected chi connectivity index (χ3v) is 7.77. The Kier molecular flexibility index (Phi) is 10.7. The van der Waals surface area contributed by atoms with Crippen molar-refractivity contribution in [1.82, 2.24) is 14.7 Å². The van der Waals surface area contributed by atoms with Crippen molar-refractivity contribution in [2.75, 3.05) is 59.0 Å². The molecule has 2 aromatic rings. The van der Waals surface area contributed by atoms with Crippen LogP contribution < -0.4 is 10.5 Å². The van der Waals surface area contributed by atoms with Gasteiger partial charge in [-0.25, -0.2) is 4.39 Å². The summed E-state index contributed by atoms with van der Waals surface area (Å²) in [6.07, 6.45) is 2.92. The van der Waals surface area contributed by atoms with Crippen molar-refractivity contribution in [2.45, 2.75) is 38.8 Å². The average Bonchev–Trinajstić information content (AvgIpc) is 2.96. The smallest absolute Gasteiger partial charge is 0.302 e. The lowest BCUT2D eigenvalue weighted by molar-refractivity contribution is -0.141. The van der Waals surface area contributed by atoms with Gasteiger partial charge in [-0.15, -0.1) is 0 Å². The highest BCUT2D eigenvalue weighted by atomic mass is 19.1. The summed E-state index contributed by atoms with van der Waals surface area (Å²) >= 11 is 0. The van der Waals surface area contributed by atoms with E-state index in [0.29, 0.717) is 44.0 Å². The van der Waals surface area contributed by atoms with Gasteiger partial charge in [-0.05, 0) is 56.0 Å². The molecule has 4 rings (SSSR count). The van der Waals surface area contributed by atoms with E-state index in [1.807, 2.05) is 11.0 Å². The van der Waals surface area contributed by atoms with Crippen molar-refractivity contribution < 1.29 is 23.5 Å². The Hall–Kier alpha value is -3.01. The number of piperidine rings is 1. The summed E-state index contributed by atoms with van der Waals surface area (Å²) < 4.78 is 25.2. The van der Waals surface area contributed by atoms with E-state index in [-0.39, 0.29) is 36.8 Å². The Labute approximate surface area is 230 Å². The zero-order valence-electron chi connectivity index (χ0n) is 22.9. The van der Waals surface area contributed by atoms with Gasteiger partial charge in [0, 0.05) is 51.8 Å². The first-order valence-electron chi connectivity index (χ1n) is 14.0. The largest absolute Gasteiger partial charge is 0.490 e. The first-order valence-corrected chi connectivity index (χ1v) is 14.0. The summed E-state index contributed by atoms with van der Waals surface area (Å²) in [5.41, 5.74) is 8.31. The fourth-order valence-electron chi connectivity index (χ4n) is 5.39. The number of halogens is 1. The lowest BCUT2D eigenvalue weighted by atomic mass is 9.88. The van der Waals surface area contributed by atoms with Crippen molar-refractivity contribution in [1.29, 1.82) is 0 Å². The van der Waals surface area contributed by atoms with Gasteiger partial charge in [0.15, 0.2) is 0 Å². The molecule has 212 valence electrons. The van der Waals surface area contributed by atoms with Crippen LogP contribution in [0.1, 0.15) is 30.9 Å². The van der Waals surface area contributed by atoms with Gasteiger partial charge < -0.3 is 25.0 Å². The van der Waals surface area contributed by atoms with Gasteiger partial charge in [0.1, 0.15) is 24.8 Å². The molecule has 2 aromatic carbocycles. The predicted molar refractivity (Wildman–Crippen MR) is 148 cm³/mol.